The smallest absolute Gasteiger partial charge is 0.350 e. The molecule has 9 heteroatoms. The maximum atomic E-state index is 12.7. The highest BCUT2D eigenvalue weighted by atomic mass is 32.1. The summed E-state index contributed by atoms with van der Waals surface area (Å²) in [6.07, 6.45) is 3.22. The lowest BCUT2D eigenvalue weighted by atomic mass is 10.1. The molecule has 0 aliphatic carbocycles. The average molecular weight is 429 g/mol. The van der Waals surface area contributed by atoms with E-state index in [0.29, 0.717) is 33.6 Å². The summed E-state index contributed by atoms with van der Waals surface area (Å²) in [6, 6.07) is 3.62. The van der Waals surface area contributed by atoms with Gasteiger partial charge in [-0.2, -0.15) is 0 Å². The fourth-order valence-electron chi connectivity index (χ4n) is 3.42. The van der Waals surface area contributed by atoms with Gasteiger partial charge in [-0.05, 0) is 39.8 Å². The second kappa shape index (κ2) is 9.27. The first kappa shape index (κ1) is 21.8. The van der Waals surface area contributed by atoms with Crippen molar-refractivity contribution in [3.63, 3.8) is 0 Å². The number of nitrogens with zero attached hydrogens (tertiary/aromatic N) is 4. The van der Waals surface area contributed by atoms with Gasteiger partial charge in [0, 0.05) is 36.5 Å². The molecule has 0 amide bonds. The van der Waals surface area contributed by atoms with Crippen molar-refractivity contribution in [1.29, 1.82) is 0 Å². The van der Waals surface area contributed by atoms with Crippen molar-refractivity contribution in [2.45, 2.75) is 33.7 Å². The molecule has 0 aliphatic rings. The third kappa shape index (κ3) is 4.47. The third-order valence-corrected chi connectivity index (χ3v) is 5.84. The SMILES string of the molecule is COCC(C)n1c(C)cc(C(=O)COC(=O)c2sc(-c3ncccn3)nc2C)c1C. The van der Waals surface area contributed by atoms with Crippen LogP contribution >= 0.6 is 11.3 Å². The Hall–Kier alpha value is -2.91. The van der Waals surface area contributed by atoms with Crippen LogP contribution < -0.4 is 0 Å². The standard InChI is InChI=1S/C21H24N4O4S/c1-12-9-16(15(4)25(12)13(2)10-28-5)17(26)11-29-21(27)18-14(3)24-20(30-18)19-22-7-6-8-23-19/h6-9,13H,10-11H2,1-5H3. The summed E-state index contributed by atoms with van der Waals surface area (Å²) >= 11 is 1.15. The number of thiazole rings is 1. The van der Waals surface area contributed by atoms with Gasteiger partial charge in [-0.1, -0.05) is 0 Å². The molecule has 3 aromatic heterocycles. The first-order valence-corrected chi connectivity index (χ1v) is 10.3. The molecule has 0 bridgehead atoms. The molecule has 3 aromatic rings. The molecule has 0 aliphatic heterocycles. The van der Waals surface area contributed by atoms with Crippen molar-refractivity contribution >= 4 is 23.1 Å². The van der Waals surface area contributed by atoms with Gasteiger partial charge in [0.1, 0.15) is 4.88 Å². The zero-order valence-electron chi connectivity index (χ0n) is 17.6. The van der Waals surface area contributed by atoms with Crippen LogP contribution in [0.4, 0.5) is 0 Å². The van der Waals surface area contributed by atoms with E-state index in [4.69, 9.17) is 9.47 Å². The molecule has 3 heterocycles. The van der Waals surface area contributed by atoms with Crippen LogP contribution in [0.1, 0.15) is 50.1 Å². The van der Waals surface area contributed by atoms with E-state index in [0.717, 1.165) is 22.7 Å². The van der Waals surface area contributed by atoms with Crippen LogP contribution in [0.25, 0.3) is 10.8 Å². The molecule has 0 fully saturated rings. The number of carbonyl (C=O) groups excluding carboxylic acids is 2. The van der Waals surface area contributed by atoms with Crippen molar-refractivity contribution < 1.29 is 19.1 Å². The van der Waals surface area contributed by atoms with E-state index in [2.05, 4.69) is 19.5 Å². The summed E-state index contributed by atoms with van der Waals surface area (Å²) in [5, 5.41) is 0.530. The van der Waals surface area contributed by atoms with E-state index in [-0.39, 0.29) is 18.4 Å². The number of ether oxygens (including phenoxy) is 2. The van der Waals surface area contributed by atoms with Gasteiger partial charge in [-0.25, -0.2) is 19.7 Å². The summed E-state index contributed by atoms with van der Waals surface area (Å²) in [6.45, 7) is 7.77. The highest BCUT2D eigenvalue weighted by Gasteiger charge is 2.22. The van der Waals surface area contributed by atoms with Gasteiger partial charge in [0.05, 0.1) is 18.3 Å². The Morgan fingerprint density at radius 1 is 1.20 bits per heavy atom. The Morgan fingerprint density at radius 3 is 2.57 bits per heavy atom. The normalized spacial score (nSPS) is 12.0. The molecule has 3 rings (SSSR count). The predicted molar refractivity (Wildman–Crippen MR) is 113 cm³/mol. The summed E-state index contributed by atoms with van der Waals surface area (Å²) < 4.78 is 12.6. The summed E-state index contributed by atoms with van der Waals surface area (Å²) in [7, 11) is 1.65. The quantitative estimate of drug-likeness (QED) is 0.400. The van der Waals surface area contributed by atoms with E-state index >= 15 is 0 Å². The molecule has 0 saturated carbocycles. The second-order valence-corrected chi connectivity index (χ2v) is 7.96. The minimum Gasteiger partial charge on any atom is -0.453 e. The maximum absolute atomic E-state index is 12.7. The molecule has 30 heavy (non-hydrogen) atoms. The molecule has 158 valence electrons. The van der Waals surface area contributed by atoms with Crippen molar-refractivity contribution in [3.05, 3.63) is 52.0 Å². The largest absolute Gasteiger partial charge is 0.453 e. The lowest BCUT2D eigenvalue weighted by Crippen LogP contribution is -2.17. The third-order valence-electron chi connectivity index (χ3n) is 4.71. The predicted octanol–water partition coefficient (Wildman–Crippen LogP) is 3.57. The molecular formula is C21H24N4O4S. The second-order valence-electron chi connectivity index (χ2n) is 6.96. The number of aryl methyl sites for hydroxylation is 2. The zero-order chi connectivity index (χ0) is 21.8. The van der Waals surface area contributed by atoms with Crippen LogP contribution in [0.15, 0.2) is 24.5 Å². The fraction of sp³-hybridized carbons (Fsp3) is 0.381. The Bertz CT molecular complexity index is 1060. The Kier molecular flexibility index (Phi) is 6.73. The minimum atomic E-state index is -0.581. The summed E-state index contributed by atoms with van der Waals surface area (Å²) in [4.78, 5) is 38.2. The van der Waals surface area contributed by atoms with Gasteiger partial charge in [0.2, 0.25) is 5.78 Å². The maximum Gasteiger partial charge on any atom is 0.350 e. The number of ketones is 1. The fourth-order valence-corrected chi connectivity index (χ4v) is 4.33. The highest BCUT2D eigenvalue weighted by molar-refractivity contribution is 7.16. The molecule has 8 nitrogen and oxygen atoms in total. The van der Waals surface area contributed by atoms with Gasteiger partial charge < -0.3 is 14.0 Å². The Morgan fingerprint density at radius 2 is 1.90 bits per heavy atom. The van der Waals surface area contributed by atoms with Crippen LogP contribution in [0.2, 0.25) is 0 Å². The number of methoxy groups -OCH3 is 1. The monoisotopic (exact) mass is 428 g/mol. The van der Waals surface area contributed by atoms with Crippen molar-refractivity contribution in [3.8, 4) is 10.8 Å². The number of hydrogen-bond donors (Lipinski definition) is 0. The number of carbonyl (C=O) groups is 2. The van der Waals surface area contributed by atoms with Gasteiger partial charge in [-0.15, -0.1) is 11.3 Å². The molecule has 0 radical (unpaired) electrons. The first-order chi connectivity index (χ1) is 14.3. The lowest BCUT2D eigenvalue weighted by molar-refractivity contribution is 0.0478. The molecular weight excluding hydrogens is 404 g/mol. The number of aromatic nitrogens is 4. The van der Waals surface area contributed by atoms with Crippen LogP contribution in [0, 0.1) is 20.8 Å². The lowest BCUT2D eigenvalue weighted by Gasteiger charge is -2.17. The van der Waals surface area contributed by atoms with E-state index in [9.17, 15) is 9.59 Å². The minimum absolute atomic E-state index is 0.0950. The number of esters is 1. The zero-order valence-corrected chi connectivity index (χ0v) is 18.4. The van der Waals surface area contributed by atoms with Gasteiger partial charge in [0.25, 0.3) is 0 Å². The van der Waals surface area contributed by atoms with Crippen LogP contribution in [-0.2, 0) is 9.47 Å². The molecule has 1 unspecified atom stereocenters. The molecule has 0 spiro atoms. The number of Topliss-reactive ketones (excluding diaryl/α,β-unsaturated/α-hetero) is 1. The number of rotatable bonds is 8. The molecule has 0 aromatic carbocycles. The van der Waals surface area contributed by atoms with Crippen molar-refractivity contribution in [1.82, 2.24) is 19.5 Å². The molecule has 0 saturated heterocycles. The van der Waals surface area contributed by atoms with E-state index < -0.39 is 5.97 Å². The van der Waals surface area contributed by atoms with Crippen LogP contribution in [-0.4, -0.2) is 51.6 Å². The first-order valence-electron chi connectivity index (χ1n) is 9.46. The Balaban J connectivity index is 1.71. The van der Waals surface area contributed by atoms with E-state index in [1.807, 2.05) is 26.8 Å². The average Bonchev–Trinajstić information content (AvgIpc) is 3.26. The molecule has 1 atom stereocenters. The van der Waals surface area contributed by atoms with Gasteiger partial charge in [-0.3, -0.25) is 4.79 Å². The van der Waals surface area contributed by atoms with E-state index in [1.165, 1.54) is 0 Å². The summed E-state index contributed by atoms with van der Waals surface area (Å²) in [5.74, 6) is -0.387. The number of hydrogen-bond acceptors (Lipinski definition) is 8. The van der Waals surface area contributed by atoms with E-state index in [1.54, 1.807) is 32.5 Å². The highest BCUT2D eigenvalue weighted by Crippen LogP contribution is 2.26. The van der Waals surface area contributed by atoms with Crippen molar-refractivity contribution in [2.75, 3.05) is 20.3 Å². The summed E-state index contributed by atoms with van der Waals surface area (Å²) in [5.41, 5.74) is 2.85. The van der Waals surface area contributed by atoms with Crippen LogP contribution in [0.3, 0.4) is 0 Å². The Labute approximate surface area is 178 Å². The topological polar surface area (TPSA) is 96.2 Å². The van der Waals surface area contributed by atoms with Crippen LogP contribution in [0.5, 0.6) is 0 Å². The van der Waals surface area contributed by atoms with Gasteiger partial charge in [0.15, 0.2) is 17.4 Å². The van der Waals surface area contributed by atoms with Gasteiger partial charge >= 0.3 is 5.97 Å². The van der Waals surface area contributed by atoms with Crippen molar-refractivity contribution in [2.24, 2.45) is 0 Å². The molecule has 0 N–H and O–H groups in total.